The molecule has 0 spiro atoms. The van der Waals surface area contributed by atoms with Gasteiger partial charge in [-0.15, -0.1) is 23.5 Å². The minimum Gasteiger partial charge on any atom is -0.343 e. The van der Waals surface area contributed by atoms with Crippen LogP contribution in [0.5, 0.6) is 0 Å². The number of thioether (sulfide) groups is 2. The average Bonchev–Trinajstić information content (AvgIpc) is 3.16. The van der Waals surface area contributed by atoms with Gasteiger partial charge in [-0.25, -0.2) is 13.1 Å². The minimum atomic E-state index is -4.20. The minimum absolute atomic E-state index is 0.0329. The van der Waals surface area contributed by atoms with E-state index in [9.17, 15) is 22.8 Å². The van der Waals surface area contributed by atoms with Gasteiger partial charge in [0, 0.05) is 38.6 Å². The fourth-order valence-electron chi connectivity index (χ4n) is 5.17. The summed E-state index contributed by atoms with van der Waals surface area (Å²) in [4.78, 5) is 43.1. The van der Waals surface area contributed by atoms with Gasteiger partial charge in [0.1, 0.15) is 6.04 Å². The highest BCUT2D eigenvalue weighted by atomic mass is 32.2. The van der Waals surface area contributed by atoms with Crippen molar-refractivity contribution in [2.24, 2.45) is 5.73 Å². The van der Waals surface area contributed by atoms with Crippen molar-refractivity contribution in [3.63, 3.8) is 0 Å². The predicted molar refractivity (Wildman–Crippen MR) is 188 cm³/mol. The molecule has 0 fully saturated rings. The van der Waals surface area contributed by atoms with Crippen LogP contribution in [0.2, 0.25) is 0 Å². The highest BCUT2D eigenvalue weighted by Crippen LogP contribution is 2.38. The second-order valence-electron chi connectivity index (χ2n) is 11.8. The maximum absolute atomic E-state index is 14.0. The van der Waals surface area contributed by atoms with Crippen molar-refractivity contribution in [3.8, 4) is 11.1 Å². The lowest BCUT2D eigenvalue weighted by Gasteiger charge is -2.27. The van der Waals surface area contributed by atoms with Crippen LogP contribution in [-0.2, 0) is 26.2 Å². The molecule has 0 aliphatic carbocycles. The van der Waals surface area contributed by atoms with E-state index in [1.807, 2.05) is 30.5 Å². The second kappa shape index (κ2) is 14.3. The molecule has 0 unspecified atom stereocenters. The Morgan fingerprint density at radius 1 is 0.979 bits per heavy atom. The van der Waals surface area contributed by atoms with Crippen LogP contribution in [0.4, 0.5) is 5.69 Å². The third kappa shape index (κ3) is 8.44. The monoisotopic (exact) mass is 688 g/mol. The Kier molecular flexibility index (Phi) is 10.5. The number of rotatable bonds is 10. The number of anilines is 1. The van der Waals surface area contributed by atoms with Crippen LogP contribution in [-0.4, -0.2) is 49.7 Å². The van der Waals surface area contributed by atoms with Crippen molar-refractivity contribution >= 4 is 57.0 Å². The smallest absolute Gasteiger partial charge is 0.264 e. The van der Waals surface area contributed by atoms with Gasteiger partial charge >= 0.3 is 0 Å². The molecule has 4 aromatic rings. The fraction of sp³-hybridized carbons (Fsp3) is 0.229. The van der Waals surface area contributed by atoms with Crippen molar-refractivity contribution in [3.05, 3.63) is 108 Å². The van der Waals surface area contributed by atoms with Gasteiger partial charge in [0.2, 0.25) is 5.91 Å². The largest absolute Gasteiger partial charge is 0.343 e. The summed E-state index contributed by atoms with van der Waals surface area (Å²) < 4.78 is 28.8. The van der Waals surface area contributed by atoms with E-state index in [2.05, 4.69) is 16.1 Å². The van der Waals surface area contributed by atoms with Crippen LogP contribution in [0.25, 0.3) is 11.1 Å². The fourth-order valence-corrected chi connectivity index (χ4v) is 8.00. The van der Waals surface area contributed by atoms with Crippen LogP contribution in [0.3, 0.4) is 0 Å². The summed E-state index contributed by atoms with van der Waals surface area (Å²) in [6.07, 6.45) is 2.07. The van der Waals surface area contributed by atoms with E-state index in [0.717, 1.165) is 21.0 Å². The Balaban J connectivity index is 1.41. The number of nitrogens with two attached hydrogens (primary N) is 1. The molecule has 3 amide bonds. The number of hydrogen-bond acceptors (Lipinski definition) is 8. The maximum atomic E-state index is 14.0. The first-order valence-corrected chi connectivity index (χ1v) is 18.5. The summed E-state index contributed by atoms with van der Waals surface area (Å²) >= 11 is 3.13. The van der Waals surface area contributed by atoms with Gasteiger partial charge < -0.3 is 16.0 Å². The quantitative estimate of drug-likeness (QED) is 0.187. The van der Waals surface area contributed by atoms with E-state index in [1.54, 1.807) is 91.2 Å². The molecule has 244 valence electrons. The van der Waals surface area contributed by atoms with Crippen LogP contribution in [0.15, 0.2) is 112 Å². The summed E-state index contributed by atoms with van der Waals surface area (Å²) in [6, 6.07) is 27.1. The number of hydrogen-bond donors (Lipinski definition) is 3. The zero-order valence-corrected chi connectivity index (χ0v) is 28.7. The number of fused-ring (bicyclic) bond motifs is 1. The highest BCUT2D eigenvalue weighted by molar-refractivity contribution is 8.00. The van der Waals surface area contributed by atoms with Crippen LogP contribution in [0, 0.1) is 0 Å². The van der Waals surface area contributed by atoms with Crippen LogP contribution < -0.4 is 20.7 Å². The van der Waals surface area contributed by atoms with Crippen molar-refractivity contribution in [1.29, 1.82) is 0 Å². The van der Waals surface area contributed by atoms with E-state index in [-0.39, 0.29) is 35.2 Å². The molecule has 0 saturated carbocycles. The lowest BCUT2D eigenvalue weighted by Crippen LogP contribution is -2.51. The standard InChI is InChI=1S/C35H36N4O5S3/c1-35(2,36)20-32(40)37-28-22-46-30-19-26(45-3)17-18-29(30)39(34(28)42)21-23-13-15-24(16-14-23)27-11-7-8-12-31(27)47(43,44)38-33(41)25-9-5-4-6-10-25/h4-19,28H,20-22,36H2,1-3H3,(H,37,40)(H,38,41)/t28-/m1/s1. The number of nitrogens with zero attached hydrogens (tertiary/aromatic N) is 1. The van der Waals surface area contributed by atoms with Gasteiger partial charge in [-0.3, -0.25) is 14.4 Å². The Morgan fingerprint density at radius 3 is 2.34 bits per heavy atom. The first-order chi connectivity index (χ1) is 22.3. The number of benzene rings is 4. The SMILES string of the molecule is CSc1ccc2c(c1)SC[C@@H](NC(=O)CC(C)(C)N)C(=O)N2Cc1ccc(-c2ccccc2S(=O)(=O)NC(=O)c2ccccc2)cc1. The Hall–Kier alpha value is -4.10. The van der Waals surface area contributed by atoms with Crippen LogP contribution in [0.1, 0.15) is 36.2 Å². The Labute approximate surface area is 283 Å². The molecular weight excluding hydrogens is 653 g/mol. The molecule has 0 radical (unpaired) electrons. The molecule has 4 N–H and O–H groups in total. The molecule has 5 rings (SSSR count). The van der Waals surface area contributed by atoms with Gasteiger partial charge in [-0.05, 0) is 67.6 Å². The zero-order valence-electron chi connectivity index (χ0n) is 26.2. The van der Waals surface area contributed by atoms with Crippen molar-refractivity contribution < 1.29 is 22.8 Å². The molecule has 12 heteroatoms. The molecular formula is C35H36N4O5S3. The molecule has 0 bridgehead atoms. The summed E-state index contributed by atoms with van der Waals surface area (Å²) in [6.45, 7) is 3.76. The van der Waals surface area contributed by atoms with E-state index in [4.69, 9.17) is 5.73 Å². The topological polar surface area (TPSA) is 139 Å². The third-order valence-corrected chi connectivity index (χ3v) is 10.7. The zero-order chi connectivity index (χ0) is 33.8. The predicted octanol–water partition coefficient (Wildman–Crippen LogP) is 5.45. The summed E-state index contributed by atoms with van der Waals surface area (Å²) in [7, 11) is -4.20. The molecule has 4 aromatic carbocycles. The number of amides is 3. The van der Waals surface area contributed by atoms with Crippen molar-refractivity contribution in [2.75, 3.05) is 16.9 Å². The normalized spacial score (nSPS) is 15.0. The summed E-state index contributed by atoms with van der Waals surface area (Å²) in [5, 5.41) is 2.90. The molecule has 47 heavy (non-hydrogen) atoms. The average molecular weight is 689 g/mol. The lowest BCUT2D eigenvalue weighted by atomic mass is 10.0. The van der Waals surface area contributed by atoms with Crippen molar-refractivity contribution in [1.82, 2.24) is 10.0 Å². The first-order valence-electron chi connectivity index (χ1n) is 14.9. The maximum Gasteiger partial charge on any atom is 0.264 e. The van der Waals surface area contributed by atoms with Crippen molar-refractivity contribution in [2.45, 2.75) is 53.1 Å². The van der Waals surface area contributed by atoms with E-state index in [1.165, 1.54) is 17.8 Å². The van der Waals surface area contributed by atoms with Gasteiger partial charge in [-0.2, -0.15) is 0 Å². The molecule has 9 nitrogen and oxygen atoms in total. The first kappa shape index (κ1) is 34.2. The molecule has 0 aromatic heterocycles. The second-order valence-corrected chi connectivity index (χ2v) is 15.4. The van der Waals surface area contributed by atoms with E-state index >= 15 is 0 Å². The Bertz CT molecular complexity index is 1890. The summed E-state index contributed by atoms with van der Waals surface area (Å²) in [5.41, 5.74) is 8.18. The van der Waals surface area contributed by atoms with Gasteiger partial charge in [-0.1, -0.05) is 60.7 Å². The Morgan fingerprint density at radius 2 is 1.66 bits per heavy atom. The molecule has 1 aliphatic rings. The molecule has 1 atom stereocenters. The number of nitrogens with one attached hydrogen (secondary N) is 2. The number of sulfonamides is 1. The molecule has 1 aliphatic heterocycles. The van der Waals surface area contributed by atoms with E-state index < -0.39 is 27.5 Å². The number of carbonyl (C=O) groups is 3. The van der Waals surface area contributed by atoms with Gasteiger partial charge in [0.15, 0.2) is 0 Å². The highest BCUT2D eigenvalue weighted by Gasteiger charge is 2.33. The molecule has 0 saturated heterocycles. The van der Waals surface area contributed by atoms with E-state index in [0.29, 0.717) is 16.9 Å². The molecule has 1 heterocycles. The number of carbonyl (C=O) groups excluding carboxylic acids is 3. The lowest BCUT2D eigenvalue weighted by molar-refractivity contribution is -0.127. The third-order valence-electron chi connectivity index (χ3n) is 7.42. The van der Waals surface area contributed by atoms with Gasteiger partial charge in [0.25, 0.3) is 21.8 Å². The summed E-state index contributed by atoms with van der Waals surface area (Å²) in [5.74, 6) is -0.861. The van der Waals surface area contributed by atoms with Crippen LogP contribution >= 0.6 is 23.5 Å². The van der Waals surface area contributed by atoms with Gasteiger partial charge in [0.05, 0.1) is 17.1 Å².